The first-order chi connectivity index (χ1) is 15.3. The number of halogens is 3. The van der Waals surface area contributed by atoms with Crippen molar-refractivity contribution in [1.29, 1.82) is 0 Å². The zero-order chi connectivity index (χ0) is 22.9. The summed E-state index contributed by atoms with van der Waals surface area (Å²) in [7, 11) is -3.38. The molecule has 6 nitrogen and oxygen atoms in total. The second-order valence-electron chi connectivity index (χ2n) is 8.22. The number of sulfone groups is 1. The van der Waals surface area contributed by atoms with Crippen LogP contribution in [-0.2, 0) is 21.2 Å². The number of aromatic nitrogens is 2. The molecule has 1 heterocycles. The van der Waals surface area contributed by atoms with Crippen molar-refractivity contribution in [2.45, 2.75) is 54.7 Å². The quantitative estimate of drug-likeness (QED) is 0.597. The van der Waals surface area contributed by atoms with Crippen LogP contribution in [0.2, 0.25) is 0 Å². The van der Waals surface area contributed by atoms with Gasteiger partial charge in [0.25, 0.3) is 5.91 Å². The van der Waals surface area contributed by atoms with Crippen LogP contribution in [0.3, 0.4) is 0 Å². The Hall–Kier alpha value is -2.62. The molecule has 2 aliphatic rings. The Balaban J connectivity index is 1.60. The number of hydrogen-bond acceptors (Lipinski definition) is 4. The van der Waals surface area contributed by atoms with E-state index in [1.54, 1.807) is 0 Å². The molecular weight excluding hydrogens is 443 g/mol. The van der Waals surface area contributed by atoms with Crippen LogP contribution in [0.15, 0.2) is 47.5 Å². The number of alkyl halides is 3. The van der Waals surface area contributed by atoms with Crippen LogP contribution in [0.5, 0.6) is 0 Å². The molecule has 2 saturated carbocycles. The SMILES string of the molecule is O=C(Nc1ccn(CCF)n1)/C(=C/C1C[C@@H](F)[C@@H](F)C1)c1ccc(S(=O)(=O)C2CC2)cc1. The highest BCUT2D eigenvalue weighted by atomic mass is 32.2. The predicted octanol–water partition coefficient (Wildman–Crippen LogP) is 3.90. The van der Waals surface area contributed by atoms with Gasteiger partial charge in [0.15, 0.2) is 15.7 Å². The summed E-state index contributed by atoms with van der Waals surface area (Å²) >= 11 is 0. The Morgan fingerprint density at radius 3 is 2.38 bits per heavy atom. The molecule has 2 aliphatic carbocycles. The largest absolute Gasteiger partial charge is 0.305 e. The lowest BCUT2D eigenvalue weighted by atomic mass is 9.98. The van der Waals surface area contributed by atoms with E-state index < -0.39 is 40.7 Å². The standard InChI is InChI=1S/C22H24F3N3O3S/c23-8-10-28-9-7-21(27-28)26-22(29)18(11-14-12-19(24)20(25)13-14)15-1-3-16(4-2-15)32(30,31)17-5-6-17/h1-4,7,9,11,14,17,19-20H,5-6,8,10,12-13H2,(H,26,27,29)/b18-11+/t14?,19-,20+. The number of benzene rings is 1. The maximum atomic E-state index is 13.7. The van der Waals surface area contributed by atoms with Gasteiger partial charge in [0.2, 0.25) is 0 Å². The van der Waals surface area contributed by atoms with Crippen LogP contribution in [0, 0.1) is 5.92 Å². The van der Waals surface area contributed by atoms with Crippen molar-refractivity contribution in [2.75, 3.05) is 12.0 Å². The molecule has 172 valence electrons. The number of carbonyl (C=O) groups excluding carboxylic acids is 1. The summed E-state index contributed by atoms with van der Waals surface area (Å²) < 4.78 is 66.1. The summed E-state index contributed by atoms with van der Waals surface area (Å²) in [6.45, 7) is -0.555. The highest BCUT2D eigenvalue weighted by molar-refractivity contribution is 7.92. The fourth-order valence-electron chi connectivity index (χ4n) is 3.86. The Morgan fingerprint density at radius 2 is 1.78 bits per heavy atom. The molecule has 0 radical (unpaired) electrons. The molecule has 4 rings (SSSR count). The molecule has 2 aromatic rings. The van der Waals surface area contributed by atoms with Gasteiger partial charge in [0.1, 0.15) is 19.0 Å². The van der Waals surface area contributed by atoms with Crippen molar-refractivity contribution in [2.24, 2.45) is 5.92 Å². The van der Waals surface area contributed by atoms with Crippen molar-refractivity contribution in [3.05, 3.63) is 48.2 Å². The molecule has 1 aromatic carbocycles. The first-order valence-electron chi connectivity index (χ1n) is 10.5. The minimum Gasteiger partial charge on any atom is -0.305 e. The van der Waals surface area contributed by atoms with Crippen molar-refractivity contribution in [3.63, 3.8) is 0 Å². The number of allylic oxidation sites excluding steroid dienone is 1. The first kappa shape index (κ1) is 22.6. The normalized spacial score (nSPS) is 24.0. The molecule has 1 amide bonds. The molecule has 10 heteroatoms. The third-order valence-electron chi connectivity index (χ3n) is 5.75. The Labute approximate surface area is 184 Å². The lowest BCUT2D eigenvalue weighted by Gasteiger charge is -2.12. The van der Waals surface area contributed by atoms with E-state index in [9.17, 15) is 26.4 Å². The van der Waals surface area contributed by atoms with Gasteiger partial charge in [-0.05, 0) is 49.3 Å². The predicted molar refractivity (Wildman–Crippen MR) is 114 cm³/mol. The van der Waals surface area contributed by atoms with Gasteiger partial charge in [-0.2, -0.15) is 5.10 Å². The van der Waals surface area contributed by atoms with Crippen LogP contribution in [0.4, 0.5) is 19.0 Å². The summed E-state index contributed by atoms with van der Waals surface area (Å²) in [5.41, 5.74) is 0.602. The van der Waals surface area contributed by atoms with E-state index in [1.807, 2.05) is 0 Å². The van der Waals surface area contributed by atoms with E-state index in [0.717, 1.165) is 0 Å². The second kappa shape index (κ2) is 9.09. The molecule has 2 fully saturated rings. The Bertz CT molecular complexity index is 1100. The second-order valence-corrected chi connectivity index (χ2v) is 10.4. The number of anilines is 1. The fraction of sp³-hybridized carbons (Fsp3) is 0.455. The molecule has 0 spiro atoms. The average Bonchev–Trinajstić information content (AvgIpc) is 3.47. The van der Waals surface area contributed by atoms with Crippen LogP contribution >= 0.6 is 0 Å². The number of hydrogen-bond donors (Lipinski definition) is 1. The molecule has 3 atom stereocenters. The van der Waals surface area contributed by atoms with Gasteiger partial charge < -0.3 is 5.32 Å². The number of rotatable bonds is 8. The van der Waals surface area contributed by atoms with Crippen LogP contribution in [0.25, 0.3) is 5.57 Å². The van der Waals surface area contributed by atoms with Crippen molar-refractivity contribution >= 4 is 27.1 Å². The third kappa shape index (κ3) is 4.90. The molecule has 1 aromatic heterocycles. The zero-order valence-electron chi connectivity index (χ0n) is 17.3. The Kier molecular flexibility index (Phi) is 6.41. The van der Waals surface area contributed by atoms with Gasteiger partial charge in [-0.3, -0.25) is 9.48 Å². The maximum Gasteiger partial charge on any atom is 0.257 e. The number of aryl methyl sites for hydroxylation is 1. The highest BCUT2D eigenvalue weighted by Gasteiger charge is 2.37. The summed E-state index contributed by atoms with van der Waals surface area (Å²) in [6.07, 6.45) is 1.12. The van der Waals surface area contributed by atoms with Gasteiger partial charge >= 0.3 is 0 Å². The maximum absolute atomic E-state index is 13.7. The van der Waals surface area contributed by atoms with Crippen molar-refractivity contribution in [1.82, 2.24) is 9.78 Å². The van der Waals surface area contributed by atoms with Gasteiger partial charge in [-0.15, -0.1) is 0 Å². The smallest absolute Gasteiger partial charge is 0.257 e. The van der Waals surface area contributed by atoms with E-state index in [0.29, 0.717) is 18.4 Å². The molecule has 32 heavy (non-hydrogen) atoms. The van der Waals surface area contributed by atoms with Gasteiger partial charge in [0, 0.05) is 17.8 Å². The summed E-state index contributed by atoms with van der Waals surface area (Å²) in [4.78, 5) is 13.2. The zero-order valence-corrected chi connectivity index (χ0v) is 18.1. The molecule has 0 aliphatic heterocycles. The molecule has 0 bridgehead atoms. The average molecular weight is 468 g/mol. The highest BCUT2D eigenvalue weighted by Crippen LogP contribution is 2.36. The number of amides is 1. The van der Waals surface area contributed by atoms with Crippen LogP contribution < -0.4 is 5.32 Å². The summed E-state index contributed by atoms with van der Waals surface area (Å²) in [6, 6.07) is 7.46. The minimum atomic E-state index is -3.38. The van der Waals surface area contributed by atoms with Gasteiger partial charge in [0.05, 0.1) is 16.7 Å². The van der Waals surface area contributed by atoms with E-state index in [1.165, 1.54) is 47.3 Å². The van der Waals surface area contributed by atoms with E-state index in [-0.39, 0.29) is 40.9 Å². The fourth-order valence-corrected chi connectivity index (χ4v) is 5.52. The van der Waals surface area contributed by atoms with E-state index in [2.05, 4.69) is 10.4 Å². The molecular formula is C22H24F3N3O3S. The summed E-state index contributed by atoms with van der Waals surface area (Å²) in [5, 5.41) is 6.33. The van der Waals surface area contributed by atoms with Crippen molar-refractivity contribution < 1.29 is 26.4 Å². The Morgan fingerprint density at radius 1 is 1.12 bits per heavy atom. The van der Waals surface area contributed by atoms with Crippen molar-refractivity contribution in [3.8, 4) is 0 Å². The van der Waals surface area contributed by atoms with Crippen LogP contribution in [0.1, 0.15) is 31.2 Å². The minimum absolute atomic E-state index is 0.0305. The summed E-state index contributed by atoms with van der Waals surface area (Å²) in [5.74, 6) is -0.814. The number of carbonyl (C=O) groups is 1. The van der Waals surface area contributed by atoms with Gasteiger partial charge in [-0.25, -0.2) is 21.6 Å². The monoisotopic (exact) mass is 467 g/mol. The van der Waals surface area contributed by atoms with E-state index in [4.69, 9.17) is 0 Å². The molecule has 0 saturated heterocycles. The molecule has 1 N–H and O–H groups in total. The van der Waals surface area contributed by atoms with Gasteiger partial charge in [-0.1, -0.05) is 18.2 Å². The lowest BCUT2D eigenvalue weighted by molar-refractivity contribution is -0.111. The number of nitrogens with one attached hydrogen (secondary N) is 1. The lowest BCUT2D eigenvalue weighted by Crippen LogP contribution is -2.16. The molecule has 1 unspecified atom stereocenters. The number of nitrogens with zero attached hydrogens (tertiary/aromatic N) is 2. The van der Waals surface area contributed by atoms with E-state index >= 15 is 0 Å². The van der Waals surface area contributed by atoms with Crippen LogP contribution in [-0.4, -0.2) is 48.4 Å². The first-order valence-corrected chi connectivity index (χ1v) is 12.1. The topological polar surface area (TPSA) is 81.1 Å². The third-order valence-corrected chi connectivity index (χ3v) is 8.03.